The number of benzene rings is 3. The second-order valence-electron chi connectivity index (χ2n) is 8.89. The number of halogens is 1. The van der Waals surface area contributed by atoms with Gasteiger partial charge >= 0.3 is 0 Å². The molecule has 0 saturated carbocycles. The Kier molecular flexibility index (Phi) is 7.16. The maximum absolute atomic E-state index is 13.7. The first kappa shape index (κ1) is 25.1. The third-order valence-electron chi connectivity index (χ3n) is 6.47. The normalized spacial score (nSPS) is 14.8. The summed E-state index contributed by atoms with van der Waals surface area (Å²) in [6, 6.07) is 29.1. The number of hydrogen-bond donors (Lipinski definition) is 0. The number of amides is 2. The molecule has 0 atom stereocenters. The number of rotatable bonds is 6. The van der Waals surface area contributed by atoms with Gasteiger partial charge in [0.1, 0.15) is 11.6 Å². The lowest BCUT2D eigenvalue weighted by atomic mass is 9.93. The van der Waals surface area contributed by atoms with Crippen LogP contribution in [0.25, 0.3) is 23.0 Å². The first-order chi connectivity index (χ1) is 18.5. The van der Waals surface area contributed by atoms with Crippen molar-refractivity contribution in [1.29, 1.82) is 5.26 Å². The number of aromatic nitrogens is 2. The fraction of sp³-hybridized carbons (Fsp3) is 0.0968. The molecule has 3 aromatic carbocycles. The molecule has 0 aliphatic carbocycles. The van der Waals surface area contributed by atoms with E-state index in [0.717, 1.165) is 21.3 Å². The van der Waals surface area contributed by atoms with Crippen LogP contribution in [-0.4, -0.2) is 33.0 Å². The molecule has 2 amide bonds. The lowest BCUT2D eigenvalue weighted by Gasteiger charge is -2.27. The van der Waals surface area contributed by atoms with E-state index in [1.54, 1.807) is 17.7 Å². The zero-order valence-corrected chi connectivity index (χ0v) is 22.2. The molecule has 0 saturated heterocycles. The van der Waals surface area contributed by atoms with Crippen molar-refractivity contribution >= 4 is 33.8 Å². The predicted octanol–water partition coefficient (Wildman–Crippen LogP) is 6.14. The summed E-state index contributed by atoms with van der Waals surface area (Å²) >= 11 is 3.48. The Morgan fingerprint density at radius 2 is 1.58 bits per heavy atom. The van der Waals surface area contributed by atoms with Gasteiger partial charge in [0.05, 0.1) is 11.4 Å². The molecule has 0 spiro atoms. The van der Waals surface area contributed by atoms with Crippen LogP contribution < -0.4 is 0 Å². The molecule has 0 N–H and O–H groups in total. The van der Waals surface area contributed by atoms with Crippen LogP contribution >= 0.6 is 15.9 Å². The SMILES string of the molecule is CC1=C(C#N)C(=O)N(CCc2ccccc2)C(=O)/C1=C/c1cn(-c2ccccc2)nc1-c1ccc(Br)cc1. The molecule has 5 rings (SSSR count). The molecule has 0 radical (unpaired) electrons. The average Bonchev–Trinajstić information content (AvgIpc) is 3.37. The van der Waals surface area contributed by atoms with Gasteiger partial charge in [0, 0.05) is 33.9 Å². The topological polar surface area (TPSA) is 79.0 Å². The molecule has 1 aliphatic rings. The molecule has 4 aromatic rings. The summed E-state index contributed by atoms with van der Waals surface area (Å²) in [5.41, 5.74) is 4.78. The van der Waals surface area contributed by atoms with Crippen LogP contribution in [0, 0.1) is 11.3 Å². The Labute approximate surface area is 229 Å². The van der Waals surface area contributed by atoms with Gasteiger partial charge in [0.2, 0.25) is 0 Å². The standard InChI is InChI=1S/C31H23BrN4O2/c1-21-27(30(37)35(31(38)28(21)19-33)17-16-22-8-4-2-5-9-22)18-24-20-36(26-10-6-3-7-11-26)34-29(24)23-12-14-25(32)15-13-23/h2-15,18,20H,16-17H2,1H3/b27-18+. The van der Waals surface area contributed by atoms with Crippen molar-refractivity contribution in [3.05, 3.63) is 123 Å². The van der Waals surface area contributed by atoms with Crippen molar-refractivity contribution < 1.29 is 9.59 Å². The molecular weight excluding hydrogens is 540 g/mol. The van der Waals surface area contributed by atoms with Crippen molar-refractivity contribution in [2.75, 3.05) is 6.54 Å². The smallest absolute Gasteiger partial charge is 0.271 e. The van der Waals surface area contributed by atoms with Crippen molar-refractivity contribution in [3.8, 4) is 23.0 Å². The Balaban J connectivity index is 1.60. The van der Waals surface area contributed by atoms with Crippen LogP contribution in [0.2, 0.25) is 0 Å². The Morgan fingerprint density at radius 3 is 2.24 bits per heavy atom. The van der Waals surface area contributed by atoms with Crippen molar-refractivity contribution in [1.82, 2.24) is 14.7 Å². The Morgan fingerprint density at radius 1 is 0.921 bits per heavy atom. The van der Waals surface area contributed by atoms with E-state index in [1.807, 2.05) is 97.2 Å². The van der Waals surface area contributed by atoms with E-state index in [1.165, 1.54) is 4.90 Å². The maximum Gasteiger partial charge on any atom is 0.271 e. The molecule has 1 aliphatic heterocycles. The zero-order chi connectivity index (χ0) is 26.6. The van der Waals surface area contributed by atoms with Gasteiger partial charge in [-0.1, -0.05) is 76.6 Å². The van der Waals surface area contributed by atoms with Crippen LogP contribution in [0.5, 0.6) is 0 Å². The number of nitriles is 1. The molecule has 7 heteroatoms. The fourth-order valence-corrected chi connectivity index (χ4v) is 4.68. The molecule has 0 bridgehead atoms. The van der Waals surface area contributed by atoms with Gasteiger partial charge in [-0.2, -0.15) is 10.4 Å². The summed E-state index contributed by atoms with van der Waals surface area (Å²) in [5.74, 6) is -0.979. The van der Waals surface area contributed by atoms with Crippen LogP contribution in [0.4, 0.5) is 0 Å². The Bertz CT molecular complexity index is 1610. The molecule has 186 valence electrons. The summed E-state index contributed by atoms with van der Waals surface area (Å²) < 4.78 is 2.70. The van der Waals surface area contributed by atoms with E-state index in [4.69, 9.17) is 5.10 Å². The van der Waals surface area contributed by atoms with E-state index < -0.39 is 11.8 Å². The van der Waals surface area contributed by atoms with Crippen LogP contribution in [0.15, 0.2) is 112 Å². The molecule has 2 heterocycles. The first-order valence-corrected chi connectivity index (χ1v) is 12.9. The minimum atomic E-state index is -0.559. The van der Waals surface area contributed by atoms with Gasteiger partial charge < -0.3 is 0 Å². The highest BCUT2D eigenvalue weighted by Gasteiger charge is 2.35. The van der Waals surface area contributed by atoms with Gasteiger partial charge in [-0.15, -0.1) is 0 Å². The average molecular weight is 563 g/mol. The number of nitrogens with zero attached hydrogens (tertiary/aromatic N) is 4. The second kappa shape index (κ2) is 10.8. The van der Waals surface area contributed by atoms with Crippen LogP contribution in [0.1, 0.15) is 18.1 Å². The minimum Gasteiger partial charge on any atom is -0.273 e. The van der Waals surface area contributed by atoms with Gasteiger partial charge in [-0.25, -0.2) is 4.68 Å². The molecule has 1 aromatic heterocycles. The highest BCUT2D eigenvalue weighted by atomic mass is 79.9. The van der Waals surface area contributed by atoms with E-state index >= 15 is 0 Å². The maximum atomic E-state index is 13.7. The largest absolute Gasteiger partial charge is 0.273 e. The van der Waals surface area contributed by atoms with Crippen molar-refractivity contribution in [2.45, 2.75) is 13.3 Å². The van der Waals surface area contributed by atoms with E-state index in [9.17, 15) is 14.9 Å². The minimum absolute atomic E-state index is 0.0236. The van der Waals surface area contributed by atoms with Crippen LogP contribution in [-0.2, 0) is 16.0 Å². The van der Waals surface area contributed by atoms with Gasteiger partial charge in [-0.05, 0) is 54.8 Å². The predicted molar refractivity (Wildman–Crippen MR) is 150 cm³/mol. The highest BCUT2D eigenvalue weighted by Crippen LogP contribution is 2.31. The highest BCUT2D eigenvalue weighted by molar-refractivity contribution is 9.10. The van der Waals surface area contributed by atoms with Crippen molar-refractivity contribution in [2.24, 2.45) is 0 Å². The summed E-state index contributed by atoms with van der Waals surface area (Å²) in [4.78, 5) is 27.9. The molecule has 38 heavy (non-hydrogen) atoms. The van der Waals surface area contributed by atoms with E-state index in [0.29, 0.717) is 28.8 Å². The number of imide groups is 1. The summed E-state index contributed by atoms with van der Waals surface area (Å²) in [6.07, 6.45) is 4.09. The second-order valence-corrected chi connectivity index (χ2v) is 9.80. The van der Waals surface area contributed by atoms with Crippen LogP contribution in [0.3, 0.4) is 0 Å². The van der Waals surface area contributed by atoms with Gasteiger partial charge in [0.25, 0.3) is 11.8 Å². The molecule has 0 unspecified atom stereocenters. The third-order valence-corrected chi connectivity index (χ3v) is 7.00. The summed E-state index contributed by atoms with van der Waals surface area (Å²) in [6.45, 7) is 1.83. The quantitative estimate of drug-likeness (QED) is 0.209. The van der Waals surface area contributed by atoms with Gasteiger partial charge in [-0.3, -0.25) is 14.5 Å². The number of hydrogen-bond acceptors (Lipinski definition) is 4. The lowest BCUT2D eigenvalue weighted by Crippen LogP contribution is -2.43. The zero-order valence-electron chi connectivity index (χ0n) is 20.6. The number of para-hydroxylation sites is 1. The monoisotopic (exact) mass is 562 g/mol. The first-order valence-electron chi connectivity index (χ1n) is 12.1. The third kappa shape index (κ3) is 4.99. The number of carbonyl (C=O) groups excluding carboxylic acids is 2. The molecular formula is C31H23BrN4O2. The Hall–Kier alpha value is -4.54. The van der Waals surface area contributed by atoms with Gasteiger partial charge in [0.15, 0.2) is 0 Å². The summed E-state index contributed by atoms with van der Waals surface area (Å²) in [7, 11) is 0. The van der Waals surface area contributed by atoms with E-state index in [-0.39, 0.29) is 12.1 Å². The summed E-state index contributed by atoms with van der Waals surface area (Å²) in [5, 5.41) is 14.6. The van der Waals surface area contributed by atoms with Crippen molar-refractivity contribution in [3.63, 3.8) is 0 Å². The fourth-order valence-electron chi connectivity index (χ4n) is 4.41. The molecule has 0 fully saturated rings. The molecule has 6 nitrogen and oxygen atoms in total. The lowest BCUT2D eigenvalue weighted by molar-refractivity contribution is -0.140. The number of carbonyl (C=O) groups is 2. The van der Waals surface area contributed by atoms with E-state index in [2.05, 4.69) is 15.9 Å².